The molecule has 1 atom stereocenters. The summed E-state index contributed by atoms with van der Waals surface area (Å²) < 4.78 is 1.79. The average molecular weight is 464 g/mol. The molecule has 1 aliphatic rings. The predicted octanol–water partition coefficient (Wildman–Crippen LogP) is 3.13. The minimum Gasteiger partial charge on any atom is -0.393 e. The Morgan fingerprint density at radius 2 is 1.85 bits per heavy atom. The van der Waals surface area contributed by atoms with Gasteiger partial charge in [0.25, 0.3) is 11.8 Å². The van der Waals surface area contributed by atoms with Crippen molar-refractivity contribution in [1.29, 1.82) is 0 Å². The topological polar surface area (TPSA) is 121 Å². The summed E-state index contributed by atoms with van der Waals surface area (Å²) in [7, 11) is 1.77. The lowest BCUT2D eigenvalue weighted by Gasteiger charge is -2.13. The molecule has 4 N–H and O–H groups in total. The number of aliphatic hydroxyl groups is 2. The predicted molar refractivity (Wildman–Crippen MR) is 124 cm³/mol. The highest BCUT2D eigenvalue weighted by Gasteiger charge is 2.35. The molecule has 3 amide bonds. The highest BCUT2D eigenvalue weighted by atomic mass is 35.5. The molecule has 9 heteroatoms. The van der Waals surface area contributed by atoms with Gasteiger partial charge in [0, 0.05) is 39.7 Å². The van der Waals surface area contributed by atoms with Gasteiger partial charge in [-0.15, -0.1) is 0 Å². The normalized spacial score (nSPS) is 13.9. The third kappa shape index (κ3) is 3.03. The molecule has 0 radical (unpaired) electrons. The zero-order valence-corrected chi connectivity index (χ0v) is 18.1. The first-order valence-electron chi connectivity index (χ1n) is 10.1. The maximum atomic E-state index is 13.0. The molecule has 33 heavy (non-hydrogen) atoms. The van der Waals surface area contributed by atoms with Crippen molar-refractivity contribution in [1.82, 2.24) is 9.88 Å². The molecule has 1 unspecified atom stereocenters. The van der Waals surface area contributed by atoms with Crippen LogP contribution in [0.3, 0.4) is 0 Å². The Balaban J connectivity index is 2.00. The van der Waals surface area contributed by atoms with E-state index in [-0.39, 0.29) is 11.1 Å². The number of halogens is 1. The lowest BCUT2D eigenvalue weighted by atomic mass is 9.92. The van der Waals surface area contributed by atoms with E-state index >= 15 is 0 Å². The van der Waals surface area contributed by atoms with Gasteiger partial charge in [-0.3, -0.25) is 19.7 Å². The van der Waals surface area contributed by atoms with E-state index in [1.807, 2.05) is 0 Å². The summed E-state index contributed by atoms with van der Waals surface area (Å²) in [6.45, 7) is -0.539. The molecular weight excluding hydrogens is 446 g/mol. The highest BCUT2D eigenvalue weighted by Crippen LogP contribution is 2.43. The molecule has 8 nitrogen and oxygen atoms in total. The molecule has 0 saturated heterocycles. The van der Waals surface area contributed by atoms with Gasteiger partial charge in [0.05, 0.1) is 28.8 Å². The lowest BCUT2D eigenvalue weighted by molar-refractivity contribution is -0.105. The summed E-state index contributed by atoms with van der Waals surface area (Å²) >= 11 is 6.43. The van der Waals surface area contributed by atoms with Crippen LogP contribution in [0.1, 0.15) is 32.4 Å². The fourth-order valence-corrected chi connectivity index (χ4v) is 4.87. The monoisotopic (exact) mass is 463 g/mol. The molecule has 166 valence electrons. The molecule has 2 heterocycles. The van der Waals surface area contributed by atoms with E-state index in [9.17, 15) is 24.6 Å². The number of hydrogen-bond donors (Lipinski definition) is 4. The fourth-order valence-electron chi connectivity index (χ4n) is 4.64. The van der Waals surface area contributed by atoms with Gasteiger partial charge >= 0.3 is 0 Å². The summed E-state index contributed by atoms with van der Waals surface area (Å²) in [5.74, 6) is -1.07. The molecule has 0 bridgehead atoms. The Bertz CT molecular complexity index is 1510. The number of aryl methyl sites for hydroxylation is 1. The number of carbonyl (C=O) groups excluding carboxylic acids is 3. The summed E-state index contributed by atoms with van der Waals surface area (Å²) in [5.41, 5.74) is 3.46. The van der Waals surface area contributed by atoms with Crippen LogP contribution in [-0.4, -0.2) is 39.6 Å². The van der Waals surface area contributed by atoms with Crippen molar-refractivity contribution in [2.75, 3.05) is 11.9 Å². The first-order chi connectivity index (χ1) is 15.9. The van der Waals surface area contributed by atoms with Crippen molar-refractivity contribution >= 4 is 57.3 Å². The summed E-state index contributed by atoms with van der Waals surface area (Å²) in [5, 5.41) is 26.5. The second-order valence-electron chi connectivity index (χ2n) is 7.81. The number of aromatic nitrogens is 1. The van der Waals surface area contributed by atoms with E-state index < -0.39 is 24.5 Å². The smallest absolute Gasteiger partial charge is 0.259 e. The molecule has 4 aromatic rings. The second kappa shape index (κ2) is 7.70. The minimum absolute atomic E-state index is 0.200. The van der Waals surface area contributed by atoms with Crippen molar-refractivity contribution in [3.63, 3.8) is 0 Å². The van der Waals surface area contributed by atoms with Crippen LogP contribution in [0.5, 0.6) is 0 Å². The number of imide groups is 1. The number of amides is 3. The zero-order chi connectivity index (χ0) is 23.4. The summed E-state index contributed by atoms with van der Waals surface area (Å²) in [6.07, 6.45) is -0.729. The third-order valence-corrected chi connectivity index (χ3v) is 6.34. The van der Waals surface area contributed by atoms with Crippen LogP contribution in [0.2, 0.25) is 5.02 Å². The van der Waals surface area contributed by atoms with E-state index in [1.165, 1.54) is 0 Å². The number of nitrogens with one attached hydrogen (secondary N) is 2. The maximum Gasteiger partial charge on any atom is 0.259 e. The van der Waals surface area contributed by atoms with Crippen LogP contribution in [-0.2, 0) is 11.8 Å². The van der Waals surface area contributed by atoms with E-state index in [1.54, 1.807) is 54.1 Å². The van der Waals surface area contributed by atoms with E-state index in [0.717, 1.165) is 0 Å². The SMILES string of the molecule is Cn1c2cc(-c3ccccc3Cl)c3c(c2c2cc(NC=O)cc(C(O)CO)c21)C(=O)NC3=O. The number of nitrogens with zero attached hydrogens (tertiary/aromatic N) is 1. The Morgan fingerprint density at radius 3 is 2.55 bits per heavy atom. The highest BCUT2D eigenvalue weighted by molar-refractivity contribution is 6.36. The summed E-state index contributed by atoms with van der Waals surface area (Å²) in [6, 6.07) is 12.1. The van der Waals surface area contributed by atoms with Gasteiger partial charge in [0.1, 0.15) is 6.10 Å². The van der Waals surface area contributed by atoms with Gasteiger partial charge < -0.3 is 20.1 Å². The molecule has 0 fully saturated rings. The minimum atomic E-state index is -1.23. The number of hydrogen-bond acceptors (Lipinski definition) is 5. The van der Waals surface area contributed by atoms with E-state index in [0.29, 0.717) is 55.6 Å². The van der Waals surface area contributed by atoms with Gasteiger partial charge in [0.15, 0.2) is 0 Å². The van der Waals surface area contributed by atoms with Crippen LogP contribution in [0.4, 0.5) is 5.69 Å². The number of fused-ring (bicyclic) bond motifs is 5. The first kappa shape index (κ1) is 21.1. The Hall–Kier alpha value is -3.72. The molecule has 1 aromatic heterocycles. The lowest BCUT2D eigenvalue weighted by Crippen LogP contribution is -2.20. The van der Waals surface area contributed by atoms with Crippen molar-refractivity contribution in [2.24, 2.45) is 7.05 Å². The molecule has 5 rings (SSSR count). The standard InChI is InChI=1S/C24H18ClN3O5/c1-28-17-8-13(12-4-2-3-5-16(12)25)20-21(24(33)27-23(20)32)19(17)15-7-11(26-10-30)6-14(22(15)28)18(31)9-29/h2-8,10,18,29,31H,9H2,1H3,(H,26,30)(H,27,32,33). The second-order valence-corrected chi connectivity index (χ2v) is 8.22. The van der Waals surface area contributed by atoms with Crippen LogP contribution in [0.15, 0.2) is 42.5 Å². The largest absolute Gasteiger partial charge is 0.393 e. The van der Waals surface area contributed by atoms with Crippen molar-refractivity contribution in [3.8, 4) is 11.1 Å². The van der Waals surface area contributed by atoms with Crippen LogP contribution >= 0.6 is 11.6 Å². The number of benzene rings is 3. The number of rotatable bonds is 5. The van der Waals surface area contributed by atoms with Gasteiger partial charge in [-0.25, -0.2) is 0 Å². The van der Waals surface area contributed by atoms with Gasteiger partial charge in [-0.05, 0) is 29.8 Å². The van der Waals surface area contributed by atoms with Gasteiger partial charge in [-0.2, -0.15) is 0 Å². The molecule has 0 aliphatic carbocycles. The average Bonchev–Trinajstić information content (AvgIpc) is 3.26. The van der Waals surface area contributed by atoms with Crippen molar-refractivity contribution in [3.05, 3.63) is 64.2 Å². The van der Waals surface area contributed by atoms with Crippen molar-refractivity contribution < 1.29 is 24.6 Å². The Kier molecular flexibility index (Phi) is 4.93. The third-order valence-electron chi connectivity index (χ3n) is 6.01. The van der Waals surface area contributed by atoms with E-state index in [2.05, 4.69) is 10.6 Å². The van der Waals surface area contributed by atoms with Crippen molar-refractivity contribution in [2.45, 2.75) is 6.10 Å². The number of aliphatic hydroxyl groups excluding tert-OH is 2. The first-order valence-corrected chi connectivity index (χ1v) is 10.5. The van der Waals surface area contributed by atoms with Gasteiger partial charge in [0.2, 0.25) is 6.41 Å². The molecule has 1 aliphatic heterocycles. The quantitative estimate of drug-likeness (QED) is 0.268. The Labute approximate surface area is 192 Å². The van der Waals surface area contributed by atoms with E-state index in [4.69, 9.17) is 11.6 Å². The van der Waals surface area contributed by atoms with Crippen LogP contribution in [0.25, 0.3) is 32.9 Å². The van der Waals surface area contributed by atoms with Gasteiger partial charge in [-0.1, -0.05) is 29.8 Å². The number of anilines is 1. The molecule has 0 spiro atoms. The molecule has 3 aromatic carbocycles. The molecular formula is C24H18ClN3O5. The maximum absolute atomic E-state index is 13.0. The zero-order valence-electron chi connectivity index (χ0n) is 17.3. The number of carbonyl (C=O) groups is 3. The van der Waals surface area contributed by atoms with Crippen LogP contribution in [0, 0.1) is 0 Å². The molecule has 0 saturated carbocycles. The Morgan fingerprint density at radius 1 is 1.12 bits per heavy atom. The fraction of sp³-hybridized carbons (Fsp3) is 0.125. The summed E-state index contributed by atoms with van der Waals surface area (Å²) in [4.78, 5) is 36.9. The van der Waals surface area contributed by atoms with Crippen LogP contribution < -0.4 is 10.6 Å².